The number of hydrogen-bond donors (Lipinski definition) is 1. The summed E-state index contributed by atoms with van der Waals surface area (Å²) in [6.07, 6.45) is 5.16. The van der Waals surface area contributed by atoms with E-state index >= 15 is 0 Å². The van der Waals surface area contributed by atoms with E-state index in [1.807, 2.05) is 33.8 Å². The number of rotatable bonds is 3. The minimum Gasteiger partial charge on any atom is -0.481 e. The maximum Gasteiger partial charge on any atom is 0.410 e. The molecular formula is C20H26N2O4. The van der Waals surface area contributed by atoms with Crippen LogP contribution in [0.3, 0.4) is 0 Å². The fraction of sp³-hybridized carbons (Fsp3) is 0.500. The SMILES string of the molecule is C#Cc1cc(CC(=O)O)c(C)c(N2CCN(C(=O)OC(C)(C)C)CC2)c1. The van der Waals surface area contributed by atoms with Gasteiger partial charge in [-0.25, -0.2) is 4.79 Å². The smallest absolute Gasteiger partial charge is 0.410 e. The number of hydrogen-bond acceptors (Lipinski definition) is 4. The van der Waals surface area contributed by atoms with Crippen molar-refractivity contribution in [1.29, 1.82) is 0 Å². The first-order chi connectivity index (χ1) is 12.1. The molecule has 1 aliphatic heterocycles. The molecule has 0 aliphatic carbocycles. The van der Waals surface area contributed by atoms with Crippen LogP contribution in [0.4, 0.5) is 10.5 Å². The summed E-state index contributed by atoms with van der Waals surface area (Å²) in [6.45, 7) is 9.82. The van der Waals surface area contributed by atoms with E-state index in [2.05, 4.69) is 10.8 Å². The summed E-state index contributed by atoms with van der Waals surface area (Å²) in [5, 5.41) is 9.12. The zero-order chi connectivity index (χ0) is 19.5. The highest BCUT2D eigenvalue weighted by Gasteiger charge is 2.27. The fourth-order valence-electron chi connectivity index (χ4n) is 2.97. The number of piperazine rings is 1. The Labute approximate surface area is 154 Å². The molecule has 1 heterocycles. The van der Waals surface area contributed by atoms with Crippen LogP contribution in [0.5, 0.6) is 0 Å². The zero-order valence-corrected chi connectivity index (χ0v) is 15.8. The third-order valence-electron chi connectivity index (χ3n) is 4.27. The normalized spacial score (nSPS) is 14.7. The summed E-state index contributed by atoms with van der Waals surface area (Å²) in [6, 6.07) is 3.66. The van der Waals surface area contributed by atoms with Gasteiger partial charge in [-0.2, -0.15) is 0 Å². The number of carbonyl (C=O) groups excluding carboxylic acids is 1. The van der Waals surface area contributed by atoms with Crippen molar-refractivity contribution in [2.45, 2.75) is 39.7 Å². The Morgan fingerprint density at radius 3 is 2.35 bits per heavy atom. The van der Waals surface area contributed by atoms with Gasteiger partial charge in [0.05, 0.1) is 6.42 Å². The summed E-state index contributed by atoms with van der Waals surface area (Å²) in [5.41, 5.74) is 2.71. The van der Waals surface area contributed by atoms with Crippen LogP contribution in [0.2, 0.25) is 0 Å². The van der Waals surface area contributed by atoms with Gasteiger partial charge in [0.25, 0.3) is 0 Å². The molecule has 6 nitrogen and oxygen atoms in total. The maximum absolute atomic E-state index is 12.2. The number of terminal acetylenes is 1. The van der Waals surface area contributed by atoms with Crippen LogP contribution in [0.1, 0.15) is 37.5 Å². The summed E-state index contributed by atoms with van der Waals surface area (Å²) >= 11 is 0. The molecule has 26 heavy (non-hydrogen) atoms. The van der Waals surface area contributed by atoms with Gasteiger partial charge in [0.2, 0.25) is 0 Å². The molecule has 140 valence electrons. The number of carboxylic acid groups (broad SMARTS) is 1. The van der Waals surface area contributed by atoms with Crippen LogP contribution in [0, 0.1) is 19.3 Å². The monoisotopic (exact) mass is 358 g/mol. The zero-order valence-electron chi connectivity index (χ0n) is 15.8. The molecule has 2 rings (SSSR count). The Morgan fingerprint density at radius 2 is 1.85 bits per heavy atom. The quantitative estimate of drug-likeness (QED) is 0.841. The predicted molar refractivity (Wildman–Crippen MR) is 100 cm³/mol. The van der Waals surface area contributed by atoms with Gasteiger partial charge in [-0.1, -0.05) is 5.92 Å². The van der Waals surface area contributed by atoms with Crippen LogP contribution in [0.25, 0.3) is 0 Å². The molecule has 0 aromatic heterocycles. The lowest BCUT2D eigenvalue weighted by atomic mass is 9.99. The molecule has 1 saturated heterocycles. The van der Waals surface area contributed by atoms with Crippen molar-refractivity contribution >= 4 is 17.7 Å². The number of amides is 1. The molecule has 0 radical (unpaired) electrons. The number of carboxylic acids is 1. The third-order valence-corrected chi connectivity index (χ3v) is 4.27. The molecule has 1 aromatic carbocycles. The standard InChI is InChI=1S/C20H26N2O4/c1-6-15-11-16(13-18(23)24)14(2)17(12-15)21-7-9-22(10-8-21)19(25)26-20(3,4)5/h1,11-12H,7-10,13H2,2-5H3,(H,23,24). The van der Waals surface area contributed by atoms with Crippen LogP contribution in [-0.4, -0.2) is 53.8 Å². The second-order valence-corrected chi connectivity index (χ2v) is 7.45. The van der Waals surface area contributed by atoms with Crippen molar-refractivity contribution in [2.75, 3.05) is 31.1 Å². The minimum atomic E-state index is -0.886. The summed E-state index contributed by atoms with van der Waals surface area (Å²) < 4.78 is 5.42. The Balaban J connectivity index is 2.15. The van der Waals surface area contributed by atoms with Gasteiger partial charge >= 0.3 is 12.1 Å². The number of anilines is 1. The van der Waals surface area contributed by atoms with E-state index in [9.17, 15) is 9.59 Å². The van der Waals surface area contributed by atoms with Crippen molar-refractivity contribution in [2.24, 2.45) is 0 Å². The first-order valence-corrected chi connectivity index (χ1v) is 8.65. The van der Waals surface area contributed by atoms with Gasteiger partial charge < -0.3 is 19.6 Å². The Kier molecular flexibility index (Phi) is 5.81. The lowest BCUT2D eigenvalue weighted by Crippen LogP contribution is -2.50. The number of ether oxygens (including phenoxy) is 1. The van der Waals surface area contributed by atoms with E-state index in [1.165, 1.54) is 0 Å². The third kappa shape index (κ3) is 4.92. The average Bonchev–Trinajstić information content (AvgIpc) is 2.55. The highest BCUT2D eigenvalue weighted by atomic mass is 16.6. The molecule has 1 N–H and O–H groups in total. The van der Waals surface area contributed by atoms with Crippen molar-refractivity contribution < 1.29 is 19.4 Å². The molecule has 0 bridgehead atoms. The van der Waals surface area contributed by atoms with Crippen LogP contribution >= 0.6 is 0 Å². The molecule has 1 fully saturated rings. The maximum atomic E-state index is 12.2. The Hall–Kier alpha value is -2.68. The number of aliphatic carboxylic acids is 1. The van der Waals surface area contributed by atoms with Crippen LogP contribution in [-0.2, 0) is 16.0 Å². The molecule has 1 amide bonds. The number of carbonyl (C=O) groups is 2. The molecule has 1 aromatic rings. The molecule has 0 unspecified atom stereocenters. The average molecular weight is 358 g/mol. The van der Waals surface area contributed by atoms with Crippen LogP contribution < -0.4 is 4.90 Å². The molecular weight excluding hydrogens is 332 g/mol. The van der Waals surface area contributed by atoms with E-state index in [0.29, 0.717) is 31.7 Å². The first-order valence-electron chi connectivity index (χ1n) is 8.65. The van der Waals surface area contributed by atoms with E-state index in [1.54, 1.807) is 11.0 Å². The van der Waals surface area contributed by atoms with E-state index < -0.39 is 11.6 Å². The summed E-state index contributed by atoms with van der Waals surface area (Å²) in [5.74, 6) is 1.71. The minimum absolute atomic E-state index is 0.0633. The van der Waals surface area contributed by atoms with Crippen molar-refractivity contribution in [3.63, 3.8) is 0 Å². The molecule has 0 saturated carbocycles. The molecule has 0 spiro atoms. The van der Waals surface area contributed by atoms with Gasteiger partial charge in [0.1, 0.15) is 5.60 Å². The molecule has 0 atom stereocenters. The van der Waals surface area contributed by atoms with E-state index in [-0.39, 0.29) is 12.5 Å². The van der Waals surface area contributed by atoms with E-state index in [0.717, 1.165) is 16.8 Å². The lowest BCUT2D eigenvalue weighted by Gasteiger charge is -2.37. The Bertz CT molecular complexity index is 735. The summed E-state index contributed by atoms with van der Waals surface area (Å²) in [7, 11) is 0. The second kappa shape index (κ2) is 7.69. The Morgan fingerprint density at radius 1 is 1.23 bits per heavy atom. The molecule has 6 heteroatoms. The lowest BCUT2D eigenvalue weighted by molar-refractivity contribution is -0.136. The van der Waals surface area contributed by atoms with Gasteiger partial charge in [0, 0.05) is 37.4 Å². The first kappa shape index (κ1) is 19.6. The van der Waals surface area contributed by atoms with Gasteiger partial charge in [0.15, 0.2) is 0 Å². The number of nitrogens with zero attached hydrogens (tertiary/aromatic N) is 2. The van der Waals surface area contributed by atoms with Gasteiger partial charge in [-0.15, -0.1) is 6.42 Å². The topological polar surface area (TPSA) is 70.1 Å². The second-order valence-electron chi connectivity index (χ2n) is 7.45. The van der Waals surface area contributed by atoms with Gasteiger partial charge in [-0.3, -0.25) is 4.79 Å². The largest absolute Gasteiger partial charge is 0.481 e. The highest BCUT2D eigenvalue weighted by Crippen LogP contribution is 2.27. The van der Waals surface area contributed by atoms with Crippen molar-refractivity contribution in [3.8, 4) is 12.3 Å². The van der Waals surface area contributed by atoms with Crippen molar-refractivity contribution in [1.82, 2.24) is 4.90 Å². The van der Waals surface area contributed by atoms with E-state index in [4.69, 9.17) is 16.3 Å². The van der Waals surface area contributed by atoms with Gasteiger partial charge in [-0.05, 0) is 51.0 Å². The summed E-state index contributed by atoms with van der Waals surface area (Å²) in [4.78, 5) is 27.1. The van der Waals surface area contributed by atoms with Crippen LogP contribution in [0.15, 0.2) is 12.1 Å². The fourth-order valence-corrected chi connectivity index (χ4v) is 2.97. The van der Waals surface area contributed by atoms with Crippen molar-refractivity contribution in [3.05, 3.63) is 28.8 Å². The predicted octanol–water partition coefficient (Wildman–Crippen LogP) is 2.66. The number of benzene rings is 1. The highest BCUT2D eigenvalue weighted by molar-refractivity contribution is 5.73. The molecule has 1 aliphatic rings.